The zero-order chi connectivity index (χ0) is 17.1. The average Bonchev–Trinajstić information content (AvgIpc) is 3.10. The van der Waals surface area contributed by atoms with E-state index in [-0.39, 0.29) is 6.79 Å². The molecule has 7 nitrogen and oxygen atoms in total. The lowest BCUT2D eigenvalue weighted by molar-refractivity contribution is 0.174. The van der Waals surface area contributed by atoms with Crippen molar-refractivity contribution in [3.8, 4) is 17.2 Å². The summed E-state index contributed by atoms with van der Waals surface area (Å²) in [5, 5.41) is 6.46. The van der Waals surface area contributed by atoms with E-state index >= 15 is 0 Å². The predicted octanol–water partition coefficient (Wildman–Crippen LogP) is 3.70. The first-order valence-corrected chi connectivity index (χ1v) is 7.70. The number of anilines is 4. The molecule has 0 bridgehead atoms. The van der Waals surface area contributed by atoms with Gasteiger partial charge >= 0.3 is 0 Å². The van der Waals surface area contributed by atoms with E-state index in [4.69, 9.17) is 14.2 Å². The van der Waals surface area contributed by atoms with Crippen LogP contribution >= 0.6 is 0 Å². The molecule has 7 heteroatoms. The standard InChI is InChI=1S/C18H16N4O3/c1-23-14-5-2-12(3-6-14)21-17-9-18(20-10-19-17)22-13-4-7-15-16(8-13)25-11-24-15/h2-10H,11H2,1H3,(H2,19,20,21,22). The van der Waals surface area contributed by atoms with Crippen LogP contribution in [0.15, 0.2) is 54.9 Å². The van der Waals surface area contributed by atoms with Crippen LogP contribution in [0.25, 0.3) is 0 Å². The Bertz CT molecular complexity index is 884. The molecule has 0 fully saturated rings. The van der Waals surface area contributed by atoms with Gasteiger partial charge in [-0.25, -0.2) is 9.97 Å². The minimum absolute atomic E-state index is 0.252. The number of aromatic nitrogens is 2. The minimum Gasteiger partial charge on any atom is -0.497 e. The van der Waals surface area contributed by atoms with Gasteiger partial charge in [0.2, 0.25) is 6.79 Å². The van der Waals surface area contributed by atoms with Gasteiger partial charge in [0, 0.05) is 23.5 Å². The van der Waals surface area contributed by atoms with E-state index in [9.17, 15) is 0 Å². The summed E-state index contributed by atoms with van der Waals surface area (Å²) in [5.74, 6) is 3.62. The molecule has 0 radical (unpaired) electrons. The summed E-state index contributed by atoms with van der Waals surface area (Å²) in [6.07, 6.45) is 1.50. The fourth-order valence-corrected chi connectivity index (χ4v) is 2.44. The fraction of sp³-hybridized carbons (Fsp3) is 0.111. The van der Waals surface area contributed by atoms with Crippen molar-refractivity contribution in [3.63, 3.8) is 0 Å². The van der Waals surface area contributed by atoms with Crippen LogP contribution in [0, 0.1) is 0 Å². The molecular weight excluding hydrogens is 320 g/mol. The van der Waals surface area contributed by atoms with Crippen molar-refractivity contribution in [2.45, 2.75) is 0 Å². The minimum atomic E-state index is 0.252. The van der Waals surface area contributed by atoms with E-state index in [1.807, 2.05) is 48.5 Å². The molecule has 0 atom stereocenters. The summed E-state index contributed by atoms with van der Waals surface area (Å²) in [4.78, 5) is 8.48. The monoisotopic (exact) mass is 336 g/mol. The maximum Gasteiger partial charge on any atom is 0.231 e. The predicted molar refractivity (Wildman–Crippen MR) is 94.2 cm³/mol. The van der Waals surface area contributed by atoms with Crippen molar-refractivity contribution in [2.24, 2.45) is 0 Å². The Morgan fingerprint density at radius 1 is 0.840 bits per heavy atom. The van der Waals surface area contributed by atoms with Gasteiger partial charge in [0.05, 0.1) is 7.11 Å². The maximum atomic E-state index is 5.38. The highest BCUT2D eigenvalue weighted by atomic mass is 16.7. The highest BCUT2D eigenvalue weighted by molar-refractivity contribution is 5.65. The van der Waals surface area contributed by atoms with Crippen LogP contribution in [0.2, 0.25) is 0 Å². The Hall–Kier alpha value is -3.48. The molecule has 126 valence electrons. The first-order chi connectivity index (χ1) is 12.3. The van der Waals surface area contributed by atoms with Gasteiger partial charge in [-0.15, -0.1) is 0 Å². The van der Waals surface area contributed by atoms with E-state index < -0.39 is 0 Å². The van der Waals surface area contributed by atoms with Crippen molar-refractivity contribution in [3.05, 3.63) is 54.9 Å². The van der Waals surface area contributed by atoms with Crippen LogP contribution in [0.1, 0.15) is 0 Å². The number of rotatable bonds is 5. The lowest BCUT2D eigenvalue weighted by Gasteiger charge is -2.09. The molecule has 2 N–H and O–H groups in total. The third-order valence-electron chi connectivity index (χ3n) is 3.67. The fourth-order valence-electron chi connectivity index (χ4n) is 2.44. The number of fused-ring (bicyclic) bond motifs is 1. The number of methoxy groups -OCH3 is 1. The van der Waals surface area contributed by atoms with Gasteiger partial charge in [0.15, 0.2) is 11.5 Å². The Kier molecular flexibility index (Phi) is 3.96. The quantitative estimate of drug-likeness (QED) is 0.735. The summed E-state index contributed by atoms with van der Waals surface area (Å²) in [6, 6.07) is 15.1. The summed E-state index contributed by atoms with van der Waals surface area (Å²) >= 11 is 0. The molecule has 1 aromatic heterocycles. The first kappa shape index (κ1) is 15.1. The molecule has 0 amide bonds. The van der Waals surface area contributed by atoms with Gasteiger partial charge in [-0.1, -0.05) is 0 Å². The number of nitrogens with one attached hydrogen (secondary N) is 2. The van der Waals surface area contributed by atoms with E-state index in [0.717, 1.165) is 28.6 Å². The molecule has 3 aromatic rings. The number of benzene rings is 2. The molecule has 0 spiro atoms. The number of hydrogen-bond donors (Lipinski definition) is 2. The smallest absolute Gasteiger partial charge is 0.231 e. The first-order valence-electron chi connectivity index (χ1n) is 7.70. The summed E-state index contributed by atoms with van der Waals surface area (Å²) in [7, 11) is 1.64. The SMILES string of the molecule is COc1ccc(Nc2cc(Nc3ccc4c(c3)OCO4)ncn2)cc1. The Morgan fingerprint density at radius 3 is 2.28 bits per heavy atom. The van der Waals surface area contributed by atoms with Crippen LogP contribution in [-0.4, -0.2) is 23.9 Å². The Balaban J connectivity index is 1.49. The van der Waals surface area contributed by atoms with Gasteiger partial charge in [-0.3, -0.25) is 0 Å². The van der Waals surface area contributed by atoms with Crippen molar-refractivity contribution in [2.75, 3.05) is 24.5 Å². The molecule has 1 aliphatic heterocycles. The topological polar surface area (TPSA) is 77.5 Å². The van der Waals surface area contributed by atoms with Crippen LogP contribution in [-0.2, 0) is 0 Å². The van der Waals surface area contributed by atoms with E-state index in [2.05, 4.69) is 20.6 Å². The van der Waals surface area contributed by atoms with Gasteiger partial charge < -0.3 is 24.8 Å². The number of hydrogen-bond acceptors (Lipinski definition) is 7. The Labute approximate surface area is 144 Å². The lowest BCUT2D eigenvalue weighted by Crippen LogP contribution is -1.98. The van der Waals surface area contributed by atoms with E-state index in [1.54, 1.807) is 7.11 Å². The number of nitrogens with zero attached hydrogens (tertiary/aromatic N) is 2. The molecular formula is C18H16N4O3. The van der Waals surface area contributed by atoms with Crippen LogP contribution < -0.4 is 24.8 Å². The van der Waals surface area contributed by atoms with Crippen molar-refractivity contribution < 1.29 is 14.2 Å². The van der Waals surface area contributed by atoms with Gasteiger partial charge in [0.25, 0.3) is 0 Å². The van der Waals surface area contributed by atoms with Gasteiger partial charge in [-0.05, 0) is 36.4 Å². The summed E-state index contributed by atoms with van der Waals surface area (Å²) < 4.78 is 15.8. The molecule has 2 aromatic carbocycles. The second-order valence-electron chi connectivity index (χ2n) is 5.34. The van der Waals surface area contributed by atoms with Crippen molar-refractivity contribution in [1.29, 1.82) is 0 Å². The molecule has 0 aliphatic carbocycles. The highest BCUT2D eigenvalue weighted by Gasteiger charge is 2.13. The normalized spacial score (nSPS) is 11.9. The van der Waals surface area contributed by atoms with Crippen LogP contribution in [0.4, 0.5) is 23.0 Å². The maximum absolute atomic E-state index is 5.38. The zero-order valence-electron chi connectivity index (χ0n) is 13.5. The largest absolute Gasteiger partial charge is 0.497 e. The van der Waals surface area contributed by atoms with Gasteiger partial charge in [0.1, 0.15) is 23.7 Å². The third-order valence-corrected chi connectivity index (χ3v) is 3.67. The third kappa shape index (κ3) is 3.40. The zero-order valence-corrected chi connectivity index (χ0v) is 13.5. The van der Waals surface area contributed by atoms with Crippen molar-refractivity contribution in [1.82, 2.24) is 9.97 Å². The van der Waals surface area contributed by atoms with E-state index in [0.29, 0.717) is 11.6 Å². The van der Waals surface area contributed by atoms with Crippen molar-refractivity contribution >= 4 is 23.0 Å². The summed E-state index contributed by atoms with van der Waals surface area (Å²) in [5.41, 5.74) is 1.77. The lowest BCUT2D eigenvalue weighted by atomic mass is 10.2. The molecule has 0 unspecified atom stereocenters. The average molecular weight is 336 g/mol. The molecule has 2 heterocycles. The number of ether oxygens (including phenoxy) is 3. The molecule has 25 heavy (non-hydrogen) atoms. The molecule has 1 aliphatic rings. The molecule has 0 saturated heterocycles. The van der Waals surface area contributed by atoms with E-state index in [1.165, 1.54) is 6.33 Å². The van der Waals surface area contributed by atoms with Crippen LogP contribution in [0.3, 0.4) is 0 Å². The molecule has 4 rings (SSSR count). The second-order valence-corrected chi connectivity index (χ2v) is 5.34. The van der Waals surface area contributed by atoms with Crippen LogP contribution in [0.5, 0.6) is 17.2 Å². The molecule has 0 saturated carbocycles. The second kappa shape index (κ2) is 6.56. The highest BCUT2D eigenvalue weighted by Crippen LogP contribution is 2.35. The summed E-state index contributed by atoms with van der Waals surface area (Å²) in [6.45, 7) is 0.252. The Morgan fingerprint density at radius 2 is 1.52 bits per heavy atom. The van der Waals surface area contributed by atoms with Gasteiger partial charge in [-0.2, -0.15) is 0 Å².